The van der Waals surface area contributed by atoms with E-state index in [0.29, 0.717) is 11.4 Å². The lowest BCUT2D eigenvalue weighted by molar-refractivity contribution is 0.602. The molecule has 0 radical (unpaired) electrons. The average Bonchev–Trinajstić information content (AvgIpc) is 2.50. The minimum Gasteiger partial charge on any atom is -0.348 e. The second kappa shape index (κ2) is 3.85. The maximum atomic E-state index is 11.5. The van der Waals surface area contributed by atoms with Crippen molar-refractivity contribution in [3.8, 4) is 0 Å². The number of nitrogens with zero attached hydrogens (tertiary/aromatic N) is 1. The Morgan fingerprint density at radius 1 is 1.35 bits per heavy atom. The summed E-state index contributed by atoms with van der Waals surface area (Å²) in [5.41, 5.74) is 8.82. The molecule has 17 heavy (non-hydrogen) atoms. The molecule has 92 valence electrons. The molecule has 0 unspecified atom stereocenters. The molecular formula is C12H16N2O2S. The molecule has 2 N–H and O–H groups in total. The van der Waals surface area contributed by atoms with Crippen LogP contribution in [0, 0.1) is 6.92 Å². The first-order valence-corrected chi connectivity index (χ1v) is 7.23. The summed E-state index contributed by atoms with van der Waals surface area (Å²) in [7, 11) is -1.22. The van der Waals surface area contributed by atoms with Crippen LogP contribution in [0.25, 0.3) is 10.9 Å². The van der Waals surface area contributed by atoms with Crippen molar-refractivity contribution < 1.29 is 8.42 Å². The molecule has 5 heteroatoms. The summed E-state index contributed by atoms with van der Waals surface area (Å²) in [5, 5.41) is 0.926. The summed E-state index contributed by atoms with van der Waals surface area (Å²) in [6.45, 7) is 2.40. The van der Waals surface area contributed by atoms with Crippen molar-refractivity contribution >= 4 is 20.7 Å². The number of fused-ring (bicyclic) bond motifs is 1. The van der Waals surface area contributed by atoms with Crippen molar-refractivity contribution in [1.82, 2.24) is 4.57 Å². The molecule has 0 aliphatic heterocycles. The molecular weight excluding hydrogens is 236 g/mol. The summed E-state index contributed by atoms with van der Waals surface area (Å²) in [4.78, 5) is 0.338. The molecule has 4 nitrogen and oxygen atoms in total. The molecule has 0 atom stereocenters. The van der Waals surface area contributed by atoms with E-state index in [2.05, 4.69) is 0 Å². The van der Waals surface area contributed by atoms with Gasteiger partial charge in [0.05, 0.1) is 4.90 Å². The largest absolute Gasteiger partial charge is 0.348 e. The summed E-state index contributed by atoms with van der Waals surface area (Å²) in [6, 6.07) is 5.18. The Morgan fingerprint density at radius 3 is 2.53 bits per heavy atom. The number of hydrogen-bond donors (Lipinski definition) is 1. The molecule has 1 aromatic heterocycles. The number of aryl methyl sites for hydroxylation is 1. The zero-order valence-corrected chi connectivity index (χ0v) is 11.0. The van der Waals surface area contributed by atoms with Crippen LogP contribution in [0.5, 0.6) is 0 Å². The zero-order chi connectivity index (χ0) is 12.8. The van der Waals surface area contributed by atoms with Gasteiger partial charge in [-0.1, -0.05) is 0 Å². The molecule has 1 heterocycles. The highest BCUT2D eigenvalue weighted by Crippen LogP contribution is 2.27. The van der Waals surface area contributed by atoms with E-state index in [4.69, 9.17) is 5.73 Å². The van der Waals surface area contributed by atoms with Gasteiger partial charge in [-0.15, -0.1) is 0 Å². The summed E-state index contributed by atoms with van der Waals surface area (Å²) >= 11 is 0. The molecule has 1 aromatic carbocycles. The van der Waals surface area contributed by atoms with E-state index in [1.165, 1.54) is 6.26 Å². The Hall–Kier alpha value is -1.33. The summed E-state index contributed by atoms with van der Waals surface area (Å²) in [6.07, 6.45) is 1.21. The van der Waals surface area contributed by atoms with Gasteiger partial charge in [-0.25, -0.2) is 8.42 Å². The molecule has 0 aliphatic carbocycles. The smallest absolute Gasteiger partial charge is 0.175 e. The summed E-state index contributed by atoms with van der Waals surface area (Å²) in [5.74, 6) is 0. The van der Waals surface area contributed by atoms with Crippen LogP contribution < -0.4 is 5.73 Å². The van der Waals surface area contributed by atoms with Crippen LogP contribution in [-0.2, 0) is 23.4 Å². The molecule has 2 rings (SSSR count). The van der Waals surface area contributed by atoms with Crippen LogP contribution in [0.4, 0.5) is 0 Å². The van der Waals surface area contributed by atoms with Gasteiger partial charge in [0.2, 0.25) is 0 Å². The second-order valence-electron chi connectivity index (χ2n) is 4.28. The van der Waals surface area contributed by atoms with E-state index in [1.54, 1.807) is 12.1 Å². The number of aromatic nitrogens is 1. The Morgan fingerprint density at radius 2 is 2.00 bits per heavy atom. The quantitative estimate of drug-likeness (QED) is 0.877. The molecule has 2 aromatic rings. The van der Waals surface area contributed by atoms with Gasteiger partial charge in [0.25, 0.3) is 0 Å². The Bertz CT molecular complexity index is 684. The van der Waals surface area contributed by atoms with Crippen molar-refractivity contribution in [2.75, 3.05) is 6.26 Å². The highest BCUT2D eigenvalue weighted by atomic mass is 32.2. The zero-order valence-electron chi connectivity index (χ0n) is 10.2. The predicted octanol–water partition coefficient (Wildman–Crippen LogP) is 1.35. The minimum atomic E-state index is -3.17. The van der Waals surface area contributed by atoms with Gasteiger partial charge >= 0.3 is 0 Å². The van der Waals surface area contributed by atoms with Gasteiger partial charge in [-0.3, -0.25) is 0 Å². The van der Waals surface area contributed by atoms with E-state index < -0.39 is 9.84 Å². The fraction of sp³-hybridized carbons (Fsp3) is 0.333. The molecule has 0 aliphatic rings. The number of rotatable bonds is 2. The van der Waals surface area contributed by atoms with Gasteiger partial charge < -0.3 is 10.3 Å². The van der Waals surface area contributed by atoms with Gasteiger partial charge in [-0.05, 0) is 30.7 Å². The highest BCUT2D eigenvalue weighted by molar-refractivity contribution is 7.90. The van der Waals surface area contributed by atoms with Crippen LogP contribution in [0.1, 0.15) is 11.3 Å². The van der Waals surface area contributed by atoms with E-state index in [0.717, 1.165) is 22.2 Å². The Balaban J connectivity index is 2.86. The van der Waals surface area contributed by atoms with Crippen LogP contribution >= 0.6 is 0 Å². The third-order valence-corrected chi connectivity index (χ3v) is 4.34. The molecule has 0 saturated carbocycles. The fourth-order valence-electron chi connectivity index (χ4n) is 2.12. The van der Waals surface area contributed by atoms with Gasteiger partial charge in [0.15, 0.2) is 9.84 Å². The molecule has 0 amide bonds. The number of sulfone groups is 1. The predicted molar refractivity (Wildman–Crippen MR) is 68.7 cm³/mol. The van der Waals surface area contributed by atoms with Crippen LogP contribution in [0.3, 0.4) is 0 Å². The topological polar surface area (TPSA) is 65.1 Å². The molecule has 0 fully saturated rings. The van der Waals surface area contributed by atoms with E-state index in [1.807, 2.05) is 24.6 Å². The van der Waals surface area contributed by atoms with Crippen molar-refractivity contribution in [1.29, 1.82) is 0 Å². The first kappa shape index (κ1) is 12.1. The molecule has 0 spiro atoms. The SMILES string of the molecule is Cc1c(CN)c2cc(S(C)(=O)=O)ccc2n1C. The van der Waals surface area contributed by atoms with Crippen molar-refractivity contribution in [3.05, 3.63) is 29.5 Å². The van der Waals surface area contributed by atoms with Crippen LogP contribution in [0.2, 0.25) is 0 Å². The lowest BCUT2D eigenvalue weighted by Crippen LogP contribution is -1.99. The van der Waals surface area contributed by atoms with E-state index in [-0.39, 0.29) is 0 Å². The van der Waals surface area contributed by atoms with Crippen molar-refractivity contribution in [2.24, 2.45) is 12.8 Å². The van der Waals surface area contributed by atoms with Crippen molar-refractivity contribution in [2.45, 2.75) is 18.4 Å². The van der Waals surface area contributed by atoms with Crippen LogP contribution in [0.15, 0.2) is 23.1 Å². The standard InChI is InChI=1S/C12H16N2O2S/c1-8-11(7-13)10-6-9(17(3,15)16)4-5-12(10)14(8)2/h4-6H,7,13H2,1-3H3. The van der Waals surface area contributed by atoms with Gasteiger partial charge in [0.1, 0.15) is 0 Å². The van der Waals surface area contributed by atoms with Crippen molar-refractivity contribution in [3.63, 3.8) is 0 Å². The normalized spacial score (nSPS) is 12.2. The number of benzene rings is 1. The molecule has 0 bridgehead atoms. The lowest BCUT2D eigenvalue weighted by Gasteiger charge is -2.00. The Kier molecular flexibility index (Phi) is 2.75. The Labute approximate surface area is 101 Å². The average molecular weight is 252 g/mol. The van der Waals surface area contributed by atoms with Gasteiger partial charge in [-0.2, -0.15) is 0 Å². The number of hydrogen-bond acceptors (Lipinski definition) is 3. The maximum absolute atomic E-state index is 11.5. The third-order valence-electron chi connectivity index (χ3n) is 3.23. The molecule has 0 saturated heterocycles. The van der Waals surface area contributed by atoms with Crippen LogP contribution in [-0.4, -0.2) is 19.2 Å². The van der Waals surface area contributed by atoms with E-state index in [9.17, 15) is 8.42 Å². The summed E-state index contributed by atoms with van der Waals surface area (Å²) < 4.78 is 25.1. The van der Waals surface area contributed by atoms with E-state index >= 15 is 0 Å². The first-order chi connectivity index (χ1) is 7.86. The second-order valence-corrected chi connectivity index (χ2v) is 6.29. The highest BCUT2D eigenvalue weighted by Gasteiger charge is 2.14. The lowest BCUT2D eigenvalue weighted by atomic mass is 10.1. The monoisotopic (exact) mass is 252 g/mol. The fourth-order valence-corrected chi connectivity index (χ4v) is 2.76. The first-order valence-electron chi connectivity index (χ1n) is 5.34. The number of nitrogens with two attached hydrogens (primary N) is 1. The maximum Gasteiger partial charge on any atom is 0.175 e. The third kappa shape index (κ3) is 1.85. The minimum absolute atomic E-state index is 0.338. The van der Waals surface area contributed by atoms with Gasteiger partial charge in [0, 0.05) is 36.4 Å².